The highest BCUT2D eigenvalue weighted by Gasteiger charge is 2.17. The van der Waals surface area contributed by atoms with Gasteiger partial charge in [-0.3, -0.25) is 0 Å². The molecule has 0 aliphatic heterocycles. The molecule has 4 rings (SSSR count). The molecule has 0 spiro atoms. The Labute approximate surface area is 114 Å². The van der Waals surface area contributed by atoms with Crippen molar-refractivity contribution in [3.8, 4) is 22.3 Å². The molecule has 0 nitrogen and oxygen atoms in total. The first kappa shape index (κ1) is 9.57. The van der Waals surface area contributed by atoms with Gasteiger partial charge in [-0.15, -0.1) is 0 Å². The van der Waals surface area contributed by atoms with Gasteiger partial charge in [0.25, 0.3) is 0 Å². The van der Waals surface area contributed by atoms with E-state index in [1.165, 1.54) is 16.7 Å². The molecule has 0 saturated heterocycles. The van der Waals surface area contributed by atoms with E-state index in [0.29, 0.717) is 6.04 Å². The lowest BCUT2D eigenvalue weighted by Gasteiger charge is -2.05. The van der Waals surface area contributed by atoms with Crippen LogP contribution in [0.1, 0.15) is 12.5 Å². The van der Waals surface area contributed by atoms with Crippen LogP contribution < -0.4 is 0 Å². The normalized spacial score (nSPS) is 12.7. The Kier molecular flexibility index (Phi) is 2.06. The van der Waals surface area contributed by atoms with Crippen LogP contribution in [0.15, 0.2) is 72.8 Å². The molecule has 1 aliphatic rings. The predicted octanol–water partition coefficient (Wildman–Crippen LogP) is 4.92. The van der Waals surface area contributed by atoms with E-state index in [9.17, 15) is 0 Å². The average Bonchev–Trinajstić information content (AvgIpc) is 2.88. The molecule has 0 heteroatoms. The third kappa shape index (κ3) is 1.68. The lowest BCUT2D eigenvalue weighted by Crippen LogP contribution is -1.83. The van der Waals surface area contributed by atoms with Crippen LogP contribution in [0.2, 0.25) is 0 Å². The second kappa shape index (κ2) is 4.10. The van der Waals surface area contributed by atoms with Gasteiger partial charge in [0.1, 0.15) is 0 Å². The van der Waals surface area contributed by atoms with Gasteiger partial charge in [0.15, 0.2) is 0 Å². The first-order valence-electron chi connectivity index (χ1n) is 7.11. The molecule has 0 heterocycles. The minimum atomic E-state index is 0.671. The van der Waals surface area contributed by atoms with Gasteiger partial charge in [-0.1, -0.05) is 72.8 Å². The standard InChI is InChI=1S/C19H14/c1-2-6-14(7-3-1)15-10-11-19-17(12-15)13-16-8-4-5-9-18(16)19/h1-12H,13H2/i12D. The molecule has 1 aliphatic carbocycles. The van der Waals surface area contributed by atoms with Crippen molar-refractivity contribution in [1.82, 2.24) is 0 Å². The lowest BCUT2D eigenvalue weighted by molar-refractivity contribution is 1.26. The summed E-state index contributed by atoms with van der Waals surface area (Å²) in [6, 6.07) is 23.6. The summed E-state index contributed by atoms with van der Waals surface area (Å²) >= 11 is 0. The topological polar surface area (TPSA) is 0 Å². The molecule has 0 unspecified atom stereocenters. The van der Waals surface area contributed by atoms with Gasteiger partial charge >= 0.3 is 0 Å². The molecule has 0 bridgehead atoms. The Morgan fingerprint density at radius 2 is 1.37 bits per heavy atom. The summed E-state index contributed by atoms with van der Waals surface area (Å²) in [6.45, 7) is 0. The minimum Gasteiger partial charge on any atom is -0.0622 e. The Morgan fingerprint density at radius 1 is 0.632 bits per heavy atom. The van der Waals surface area contributed by atoms with Crippen molar-refractivity contribution < 1.29 is 1.37 Å². The maximum atomic E-state index is 8.54. The third-order valence-corrected chi connectivity index (χ3v) is 3.79. The van der Waals surface area contributed by atoms with Crippen LogP contribution in [0.25, 0.3) is 22.3 Å². The minimum absolute atomic E-state index is 0.671. The summed E-state index contributed by atoms with van der Waals surface area (Å²) in [4.78, 5) is 0. The monoisotopic (exact) mass is 243 g/mol. The SMILES string of the molecule is [2H]c1c(-c2ccccc2)ccc2c1Cc1ccccc1-2. The molecule has 3 aromatic rings. The van der Waals surface area contributed by atoms with E-state index in [1.54, 1.807) is 0 Å². The highest BCUT2D eigenvalue weighted by molar-refractivity contribution is 5.80. The van der Waals surface area contributed by atoms with Crippen LogP contribution >= 0.6 is 0 Å². The molecule has 0 saturated carbocycles. The maximum Gasteiger partial charge on any atom is 0.0633 e. The van der Waals surface area contributed by atoms with E-state index >= 15 is 0 Å². The second-order valence-electron chi connectivity index (χ2n) is 4.96. The smallest absolute Gasteiger partial charge is 0.0622 e. The Morgan fingerprint density at radius 3 is 2.26 bits per heavy atom. The average molecular weight is 243 g/mol. The van der Waals surface area contributed by atoms with Crippen LogP contribution in [-0.4, -0.2) is 0 Å². The Hall–Kier alpha value is -2.34. The fourth-order valence-corrected chi connectivity index (χ4v) is 2.84. The first-order chi connectivity index (χ1) is 9.84. The summed E-state index contributed by atoms with van der Waals surface area (Å²) in [5.41, 5.74) is 7.16. The first-order valence-corrected chi connectivity index (χ1v) is 6.61. The van der Waals surface area contributed by atoms with Crippen molar-refractivity contribution in [2.75, 3.05) is 0 Å². The summed E-state index contributed by atoms with van der Waals surface area (Å²) < 4.78 is 8.54. The molecule has 0 radical (unpaired) electrons. The van der Waals surface area contributed by atoms with Gasteiger partial charge in [0.2, 0.25) is 0 Å². The van der Waals surface area contributed by atoms with Gasteiger partial charge in [0, 0.05) is 0 Å². The number of hydrogen-bond donors (Lipinski definition) is 0. The Balaban J connectivity index is 1.91. The molecule has 3 aromatic carbocycles. The van der Waals surface area contributed by atoms with Gasteiger partial charge in [-0.25, -0.2) is 0 Å². The summed E-state index contributed by atoms with van der Waals surface area (Å²) in [5.74, 6) is 0. The summed E-state index contributed by atoms with van der Waals surface area (Å²) in [5, 5.41) is 0. The molecular weight excluding hydrogens is 228 g/mol. The molecule has 90 valence electrons. The molecule has 0 aromatic heterocycles. The van der Waals surface area contributed by atoms with E-state index in [1.807, 2.05) is 18.2 Å². The van der Waals surface area contributed by atoms with Gasteiger partial charge in [0.05, 0.1) is 1.37 Å². The summed E-state index contributed by atoms with van der Waals surface area (Å²) in [7, 11) is 0. The van der Waals surface area contributed by atoms with E-state index in [4.69, 9.17) is 1.37 Å². The highest BCUT2D eigenvalue weighted by Crippen LogP contribution is 2.38. The Bertz CT molecular complexity index is 788. The van der Waals surface area contributed by atoms with E-state index in [0.717, 1.165) is 23.1 Å². The van der Waals surface area contributed by atoms with Crippen LogP contribution in [0.5, 0.6) is 0 Å². The van der Waals surface area contributed by atoms with E-state index in [-0.39, 0.29) is 0 Å². The lowest BCUT2D eigenvalue weighted by atomic mass is 9.99. The highest BCUT2D eigenvalue weighted by atomic mass is 14.2. The zero-order valence-corrected chi connectivity index (χ0v) is 10.6. The number of fused-ring (bicyclic) bond motifs is 3. The number of benzene rings is 3. The van der Waals surface area contributed by atoms with Crippen LogP contribution in [0.4, 0.5) is 0 Å². The molecule has 0 fully saturated rings. The zero-order chi connectivity index (χ0) is 13.5. The zero-order valence-electron chi connectivity index (χ0n) is 11.6. The fourth-order valence-electron chi connectivity index (χ4n) is 2.84. The predicted molar refractivity (Wildman–Crippen MR) is 80.1 cm³/mol. The van der Waals surface area contributed by atoms with Crippen LogP contribution in [-0.2, 0) is 6.42 Å². The van der Waals surface area contributed by atoms with Crippen molar-refractivity contribution >= 4 is 0 Å². The molecule has 0 N–H and O–H groups in total. The fraction of sp³-hybridized carbons (Fsp3) is 0.0526. The van der Waals surface area contributed by atoms with Crippen molar-refractivity contribution in [2.24, 2.45) is 0 Å². The van der Waals surface area contributed by atoms with E-state index in [2.05, 4.69) is 48.5 Å². The third-order valence-electron chi connectivity index (χ3n) is 3.79. The number of rotatable bonds is 1. The van der Waals surface area contributed by atoms with Crippen LogP contribution in [0.3, 0.4) is 0 Å². The second-order valence-corrected chi connectivity index (χ2v) is 4.96. The van der Waals surface area contributed by atoms with Crippen molar-refractivity contribution in [2.45, 2.75) is 6.42 Å². The number of hydrogen-bond acceptors (Lipinski definition) is 0. The van der Waals surface area contributed by atoms with Crippen LogP contribution in [0, 0.1) is 0 Å². The molecule has 0 atom stereocenters. The van der Waals surface area contributed by atoms with Gasteiger partial charge < -0.3 is 0 Å². The molecular formula is C19H14. The molecule has 0 amide bonds. The summed E-state index contributed by atoms with van der Waals surface area (Å²) in [6.07, 6.45) is 0.880. The van der Waals surface area contributed by atoms with Crippen molar-refractivity contribution in [3.63, 3.8) is 0 Å². The largest absolute Gasteiger partial charge is 0.0633 e. The molecule has 19 heavy (non-hydrogen) atoms. The van der Waals surface area contributed by atoms with Gasteiger partial charge in [-0.05, 0) is 39.8 Å². The van der Waals surface area contributed by atoms with Crippen molar-refractivity contribution in [1.29, 1.82) is 0 Å². The van der Waals surface area contributed by atoms with Gasteiger partial charge in [-0.2, -0.15) is 0 Å². The maximum absolute atomic E-state index is 8.54. The van der Waals surface area contributed by atoms with E-state index < -0.39 is 0 Å². The quantitative estimate of drug-likeness (QED) is 0.445. The van der Waals surface area contributed by atoms with Crippen molar-refractivity contribution in [3.05, 3.63) is 83.9 Å².